The van der Waals surface area contributed by atoms with E-state index in [4.69, 9.17) is 11.6 Å². The van der Waals surface area contributed by atoms with E-state index < -0.39 is 0 Å². The summed E-state index contributed by atoms with van der Waals surface area (Å²) in [6, 6.07) is 15.0. The molecule has 0 bridgehead atoms. The van der Waals surface area contributed by atoms with Crippen LogP contribution >= 0.6 is 11.6 Å². The van der Waals surface area contributed by atoms with Gasteiger partial charge in [-0.1, -0.05) is 35.9 Å². The van der Waals surface area contributed by atoms with E-state index in [1.807, 2.05) is 37.3 Å². The summed E-state index contributed by atoms with van der Waals surface area (Å²) in [5.74, 6) is -0.193. The molecule has 0 aliphatic carbocycles. The Balaban J connectivity index is 1.93. The molecule has 2 aromatic rings. The van der Waals surface area contributed by atoms with E-state index in [0.717, 1.165) is 17.0 Å². The van der Waals surface area contributed by atoms with Gasteiger partial charge >= 0.3 is 0 Å². The molecule has 1 nitrogen and oxygen atoms in total. The van der Waals surface area contributed by atoms with Crippen molar-refractivity contribution in [2.45, 2.75) is 32.4 Å². The van der Waals surface area contributed by atoms with Gasteiger partial charge in [0.05, 0.1) is 0 Å². The Bertz CT molecular complexity index is 553. The van der Waals surface area contributed by atoms with E-state index in [0.29, 0.717) is 6.04 Å². The Labute approximate surface area is 124 Å². The molecule has 0 amide bonds. The van der Waals surface area contributed by atoms with E-state index in [-0.39, 0.29) is 11.9 Å². The van der Waals surface area contributed by atoms with Crippen LogP contribution < -0.4 is 5.32 Å². The third kappa shape index (κ3) is 4.32. The van der Waals surface area contributed by atoms with E-state index in [1.54, 1.807) is 12.1 Å². The molecule has 0 heterocycles. The van der Waals surface area contributed by atoms with E-state index >= 15 is 0 Å². The second kappa shape index (κ2) is 6.87. The highest BCUT2D eigenvalue weighted by Crippen LogP contribution is 2.16. The fourth-order valence-corrected chi connectivity index (χ4v) is 2.46. The molecule has 0 aromatic heterocycles. The second-order valence-corrected chi connectivity index (χ2v) is 5.61. The maximum atomic E-state index is 13.2. The van der Waals surface area contributed by atoms with Crippen molar-refractivity contribution in [2.75, 3.05) is 0 Å². The van der Waals surface area contributed by atoms with Crippen molar-refractivity contribution in [1.82, 2.24) is 5.32 Å². The lowest BCUT2D eigenvalue weighted by atomic mass is 10.0. The van der Waals surface area contributed by atoms with Crippen molar-refractivity contribution in [1.29, 1.82) is 0 Å². The number of rotatable bonds is 5. The topological polar surface area (TPSA) is 12.0 Å². The van der Waals surface area contributed by atoms with Crippen molar-refractivity contribution in [3.63, 3.8) is 0 Å². The van der Waals surface area contributed by atoms with Gasteiger partial charge in [-0.25, -0.2) is 4.39 Å². The van der Waals surface area contributed by atoms with Crippen LogP contribution in [0.3, 0.4) is 0 Å². The van der Waals surface area contributed by atoms with Crippen molar-refractivity contribution in [3.8, 4) is 0 Å². The van der Waals surface area contributed by atoms with Gasteiger partial charge in [-0.15, -0.1) is 0 Å². The molecule has 2 aromatic carbocycles. The first-order chi connectivity index (χ1) is 9.54. The van der Waals surface area contributed by atoms with Crippen LogP contribution in [0.4, 0.5) is 4.39 Å². The fraction of sp³-hybridized carbons (Fsp3) is 0.294. The van der Waals surface area contributed by atoms with Gasteiger partial charge < -0.3 is 5.32 Å². The van der Waals surface area contributed by atoms with Gasteiger partial charge in [0.1, 0.15) is 5.82 Å². The summed E-state index contributed by atoms with van der Waals surface area (Å²) in [6.45, 7) is 4.18. The maximum absolute atomic E-state index is 13.2. The summed E-state index contributed by atoms with van der Waals surface area (Å²) in [7, 11) is 0. The molecular formula is C17H19ClFN. The first kappa shape index (κ1) is 15.0. The molecule has 0 saturated carbocycles. The minimum absolute atomic E-state index is 0.119. The predicted molar refractivity (Wildman–Crippen MR) is 82.6 cm³/mol. The summed E-state index contributed by atoms with van der Waals surface area (Å²) in [5.41, 5.74) is 2.20. The molecule has 106 valence electrons. The zero-order valence-corrected chi connectivity index (χ0v) is 12.5. The van der Waals surface area contributed by atoms with Crippen LogP contribution in [0, 0.1) is 5.82 Å². The van der Waals surface area contributed by atoms with Gasteiger partial charge in [0.25, 0.3) is 0 Å². The smallest absolute Gasteiger partial charge is 0.123 e. The van der Waals surface area contributed by atoms with Gasteiger partial charge in [0, 0.05) is 17.1 Å². The first-order valence-corrected chi connectivity index (χ1v) is 7.18. The van der Waals surface area contributed by atoms with E-state index in [2.05, 4.69) is 12.2 Å². The Hall–Kier alpha value is -1.38. The largest absolute Gasteiger partial charge is 0.307 e. The molecule has 2 atom stereocenters. The summed E-state index contributed by atoms with van der Waals surface area (Å²) >= 11 is 5.88. The molecule has 0 aliphatic heterocycles. The molecule has 0 radical (unpaired) electrons. The average molecular weight is 292 g/mol. The van der Waals surface area contributed by atoms with Crippen molar-refractivity contribution in [2.24, 2.45) is 0 Å². The number of hydrogen-bond acceptors (Lipinski definition) is 1. The third-order valence-electron chi connectivity index (χ3n) is 3.34. The van der Waals surface area contributed by atoms with Crippen LogP contribution in [-0.2, 0) is 6.42 Å². The van der Waals surface area contributed by atoms with Crippen LogP contribution in [0.1, 0.15) is 31.0 Å². The van der Waals surface area contributed by atoms with Gasteiger partial charge in [-0.05, 0) is 55.7 Å². The van der Waals surface area contributed by atoms with Crippen molar-refractivity contribution in [3.05, 3.63) is 70.5 Å². The Morgan fingerprint density at radius 1 is 1.10 bits per heavy atom. The molecule has 0 spiro atoms. The molecule has 3 heteroatoms. The van der Waals surface area contributed by atoms with Crippen molar-refractivity contribution < 1.29 is 4.39 Å². The van der Waals surface area contributed by atoms with Gasteiger partial charge in [-0.2, -0.15) is 0 Å². The fourth-order valence-electron chi connectivity index (χ4n) is 2.33. The Morgan fingerprint density at radius 2 is 1.80 bits per heavy atom. The van der Waals surface area contributed by atoms with Crippen molar-refractivity contribution >= 4 is 11.6 Å². The lowest BCUT2D eigenvalue weighted by Crippen LogP contribution is -2.30. The average Bonchev–Trinajstić information content (AvgIpc) is 2.41. The molecule has 2 rings (SSSR count). The zero-order chi connectivity index (χ0) is 14.5. The summed E-state index contributed by atoms with van der Waals surface area (Å²) < 4.78 is 13.2. The van der Waals surface area contributed by atoms with Crippen LogP contribution in [0.25, 0.3) is 0 Å². The lowest BCUT2D eigenvalue weighted by molar-refractivity contribution is 0.475. The number of halogens is 2. The molecule has 0 fully saturated rings. The molecule has 0 aliphatic rings. The zero-order valence-electron chi connectivity index (χ0n) is 11.7. The van der Waals surface area contributed by atoms with Gasteiger partial charge in [0.15, 0.2) is 0 Å². The summed E-state index contributed by atoms with van der Waals surface area (Å²) in [5, 5.41) is 4.24. The monoisotopic (exact) mass is 291 g/mol. The highest BCUT2D eigenvalue weighted by Gasteiger charge is 2.10. The summed E-state index contributed by atoms with van der Waals surface area (Å²) in [6.07, 6.45) is 0.914. The highest BCUT2D eigenvalue weighted by atomic mass is 35.5. The number of hydrogen-bond donors (Lipinski definition) is 1. The van der Waals surface area contributed by atoms with Crippen LogP contribution in [0.15, 0.2) is 48.5 Å². The first-order valence-electron chi connectivity index (χ1n) is 6.80. The second-order valence-electron chi connectivity index (χ2n) is 5.17. The van der Waals surface area contributed by atoms with Crippen LogP contribution in [-0.4, -0.2) is 6.04 Å². The minimum Gasteiger partial charge on any atom is -0.307 e. The van der Waals surface area contributed by atoms with Gasteiger partial charge in [0.2, 0.25) is 0 Å². The number of benzene rings is 2. The minimum atomic E-state index is -0.193. The van der Waals surface area contributed by atoms with Gasteiger partial charge in [-0.3, -0.25) is 0 Å². The predicted octanol–water partition coefficient (Wildman–Crippen LogP) is 4.76. The molecule has 0 saturated heterocycles. The summed E-state index contributed by atoms with van der Waals surface area (Å²) in [4.78, 5) is 0. The molecule has 1 N–H and O–H groups in total. The standard InChI is InChI=1S/C17H19ClFN/c1-12(10-14-6-8-16(18)9-7-14)20-13(2)15-4-3-5-17(19)11-15/h3-9,11-13,20H,10H2,1-2H3. The third-order valence-corrected chi connectivity index (χ3v) is 3.59. The maximum Gasteiger partial charge on any atom is 0.123 e. The van der Waals surface area contributed by atoms with Crippen LogP contribution in [0.2, 0.25) is 5.02 Å². The lowest BCUT2D eigenvalue weighted by Gasteiger charge is -2.20. The molecule has 2 unspecified atom stereocenters. The van der Waals surface area contributed by atoms with E-state index in [9.17, 15) is 4.39 Å². The normalized spacial score (nSPS) is 14.0. The SMILES string of the molecule is CC(Cc1ccc(Cl)cc1)NC(C)c1cccc(F)c1. The quantitative estimate of drug-likeness (QED) is 0.837. The Kier molecular flexibility index (Phi) is 5.16. The Morgan fingerprint density at radius 3 is 2.45 bits per heavy atom. The highest BCUT2D eigenvalue weighted by molar-refractivity contribution is 6.30. The molecule has 20 heavy (non-hydrogen) atoms. The van der Waals surface area contributed by atoms with Crippen LogP contribution in [0.5, 0.6) is 0 Å². The number of nitrogens with one attached hydrogen (secondary N) is 1. The van der Waals surface area contributed by atoms with E-state index in [1.165, 1.54) is 11.6 Å². The molecular weight excluding hydrogens is 273 g/mol.